The number of benzene rings is 1. The van der Waals surface area contributed by atoms with Gasteiger partial charge in [-0.2, -0.15) is 0 Å². The lowest BCUT2D eigenvalue weighted by Gasteiger charge is -2.35. The van der Waals surface area contributed by atoms with Crippen molar-refractivity contribution < 1.29 is 15.0 Å². The van der Waals surface area contributed by atoms with Crippen LogP contribution < -0.4 is 0 Å². The number of nitrogens with zero attached hydrogens (tertiary/aromatic N) is 1. The molecule has 1 atom stereocenters. The molecule has 0 radical (unpaired) electrons. The summed E-state index contributed by atoms with van der Waals surface area (Å²) in [5.41, 5.74) is 0.245. The number of aromatic hydroxyl groups is 2. The first kappa shape index (κ1) is 14.4. The highest BCUT2D eigenvalue weighted by molar-refractivity contribution is 5.95. The number of rotatable bonds is 2. The van der Waals surface area contributed by atoms with Gasteiger partial charge in [0, 0.05) is 24.7 Å². The van der Waals surface area contributed by atoms with Gasteiger partial charge in [-0.05, 0) is 24.5 Å². The van der Waals surface area contributed by atoms with Crippen LogP contribution in [0, 0.1) is 5.41 Å². The van der Waals surface area contributed by atoms with Crippen molar-refractivity contribution in [1.82, 2.24) is 4.90 Å². The Hall–Kier alpha value is -1.71. The van der Waals surface area contributed by atoms with Crippen molar-refractivity contribution in [3.63, 3.8) is 0 Å². The van der Waals surface area contributed by atoms with Gasteiger partial charge in [-0.3, -0.25) is 4.79 Å². The first-order valence-corrected chi connectivity index (χ1v) is 5.93. The molecule has 100 valence electrons. The van der Waals surface area contributed by atoms with Crippen LogP contribution in [0.1, 0.15) is 38.1 Å². The molecule has 2 N–H and O–H groups in total. The summed E-state index contributed by atoms with van der Waals surface area (Å²) in [4.78, 5) is 13.9. The molecule has 1 rings (SSSR count). The normalized spacial score (nSPS) is 13.2. The molecule has 0 bridgehead atoms. The van der Waals surface area contributed by atoms with E-state index in [2.05, 4.69) is 20.8 Å². The minimum absolute atomic E-state index is 0.0366. The molecule has 4 heteroatoms. The largest absolute Gasteiger partial charge is 0.508 e. The number of carbonyl (C=O) groups is 1. The van der Waals surface area contributed by atoms with E-state index in [-0.39, 0.29) is 34.4 Å². The molecule has 1 aromatic rings. The van der Waals surface area contributed by atoms with Crippen LogP contribution in [0.5, 0.6) is 11.5 Å². The molecule has 0 saturated carbocycles. The average molecular weight is 251 g/mol. The van der Waals surface area contributed by atoms with Crippen molar-refractivity contribution in [3.05, 3.63) is 23.8 Å². The number of phenols is 2. The molecule has 1 unspecified atom stereocenters. The van der Waals surface area contributed by atoms with Crippen molar-refractivity contribution in [2.45, 2.75) is 33.7 Å². The second kappa shape index (κ2) is 4.88. The van der Waals surface area contributed by atoms with Crippen LogP contribution in [-0.2, 0) is 0 Å². The van der Waals surface area contributed by atoms with Crippen LogP contribution in [0.2, 0.25) is 0 Å². The van der Waals surface area contributed by atoms with Crippen LogP contribution in [0.15, 0.2) is 18.2 Å². The number of hydrogen-bond acceptors (Lipinski definition) is 3. The quantitative estimate of drug-likeness (QED) is 0.849. The second-order valence-electron chi connectivity index (χ2n) is 5.70. The molecule has 0 aliphatic carbocycles. The zero-order chi connectivity index (χ0) is 14.1. The van der Waals surface area contributed by atoms with E-state index in [1.807, 2.05) is 6.92 Å². The lowest BCUT2D eigenvalue weighted by molar-refractivity contribution is 0.0628. The minimum Gasteiger partial charge on any atom is -0.508 e. The topological polar surface area (TPSA) is 60.8 Å². The van der Waals surface area contributed by atoms with Gasteiger partial charge in [-0.1, -0.05) is 20.8 Å². The zero-order valence-corrected chi connectivity index (χ0v) is 11.6. The summed E-state index contributed by atoms with van der Waals surface area (Å²) in [6.07, 6.45) is 0. The summed E-state index contributed by atoms with van der Waals surface area (Å²) in [5.74, 6) is -0.450. The lowest BCUT2D eigenvalue weighted by atomic mass is 9.87. The Morgan fingerprint density at radius 3 is 2.00 bits per heavy atom. The van der Waals surface area contributed by atoms with Gasteiger partial charge >= 0.3 is 0 Å². The van der Waals surface area contributed by atoms with E-state index in [4.69, 9.17) is 0 Å². The first-order chi connectivity index (χ1) is 8.12. The summed E-state index contributed by atoms with van der Waals surface area (Å²) in [6.45, 7) is 8.14. The van der Waals surface area contributed by atoms with Crippen molar-refractivity contribution in [2.75, 3.05) is 7.05 Å². The number of amides is 1. The van der Waals surface area contributed by atoms with E-state index < -0.39 is 0 Å². The van der Waals surface area contributed by atoms with E-state index in [1.165, 1.54) is 18.2 Å². The summed E-state index contributed by atoms with van der Waals surface area (Å²) in [5, 5.41) is 18.8. The van der Waals surface area contributed by atoms with E-state index in [0.717, 1.165) is 0 Å². The molecule has 0 aliphatic heterocycles. The standard InChI is InChI=1S/C14H21NO3/c1-9(14(2,3)4)15(5)13(18)10-6-11(16)8-12(17)7-10/h6-9,16-17H,1-5H3. The Morgan fingerprint density at radius 2 is 1.61 bits per heavy atom. The van der Waals surface area contributed by atoms with Crippen LogP contribution in [-0.4, -0.2) is 34.1 Å². The SMILES string of the molecule is CC(N(C)C(=O)c1cc(O)cc(O)c1)C(C)(C)C. The zero-order valence-electron chi connectivity index (χ0n) is 11.6. The molecule has 18 heavy (non-hydrogen) atoms. The summed E-state index contributed by atoms with van der Waals surface area (Å²) in [7, 11) is 1.72. The van der Waals surface area contributed by atoms with Crippen molar-refractivity contribution in [2.24, 2.45) is 5.41 Å². The maximum absolute atomic E-state index is 12.2. The predicted octanol–water partition coefficient (Wildman–Crippen LogP) is 2.60. The maximum atomic E-state index is 12.2. The molecular weight excluding hydrogens is 230 g/mol. The predicted molar refractivity (Wildman–Crippen MR) is 70.8 cm³/mol. The third kappa shape index (κ3) is 3.15. The number of carbonyl (C=O) groups excluding carboxylic acids is 1. The number of phenolic OH excluding ortho intramolecular Hbond substituents is 2. The fraction of sp³-hybridized carbons (Fsp3) is 0.500. The number of hydrogen-bond donors (Lipinski definition) is 2. The minimum atomic E-state index is -0.219. The summed E-state index contributed by atoms with van der Waals surface area (Å²) in [6, 6.07) is 3.95. The highest BCUT2D eigenvalue weighted by Crippen LogP contribution is 2.26. The third-order valence-electron chi connectivity index (χ3n) is 3.30. The average Bonchev–Trinajstić information content (AvgIpc) is 2.23. The van der Waals surface area contributed by atoms with Gasteiger partial charge in [-0.25, -0.2) is 0 Å². The first-order valence-electron chi connectivity index (χ1n) is 5.93. The molecule has 0 aliphatic rings. The summed E-state index contributed by atoms with van der Waals surface area (Å²) >= 11 is 0. The highest BCUT2D eigenvalue weighted by Gasteiger charge is 2.27. The molecule has 0 spiro atoms. The molecule has 0 heterocycles. The Labute approximate surface area is 108 Å². The molecule has 0 saturated heterocycles. The van der Waals surface area contributed by atoms with Gasteiger partial charge in [0.15, 0.2) is 0 Å². The molecule has 0 aromatic heterocycles. The van der Waals surface area contributed by atoms with Crippen molar-refractivity contribution in [3.8, 4) is 11.5 Å². The Bertz CT molecular complexity index is 429. The van der Waals surface area contributed by atoms with Crippen LogP contribution in [0.3, 0.4) is 0 Å². The smallest absolute Gasteiger partial charge is 0.254 e. The lowest BCUT2D eigenvalue weighted by Crippen LogP contribution is -2.42. The molecule has 0 fully saturated rings. The Kier molecular flexibility index (Phi) is 3.89. The van der Waals surface area contributed by atoms with Gasteiger partial charge in [0.2, 0.25) is 0 Å². The van der Waals surface area contributed by atoms with Gasteiger partial charge in [0.25, 0.3) is 5.91 Å². The maximum Gasteiger partial charge on any atom is 0.254 e. The molecule has 1 amide bonds. The van der Waals surface area contributed by atoms with Gasteiger partial charge in [0.1, 0.15) is 11.5 Å². The van der Waals surface area contributed by atoms with Crippen LogP contribution in [0.25, 0.3) is 0 Å². The van der Waals surface area contributed by atoms with E-state index in [9.17, 15) is 15.0 Å². The molecular formula is C14H21NO3. The van der Waals surface area contributed by atoms with Crippen molar-refractivity contribution in [1.29, 1.82) is 0 Å². The van der Waals surface area contributed by atoms with E-state index >= 15 is 0 Å². The van der Waals surface area contributed by atoms with Crippen LogP contribution in [0.4, 0.5) is 0 Å². The fourth-order valence-corrected chi connectivity index (χ4v) is 1.68. The van der Waals surface area contributed by atoms with Gasteiger partial charge < -0.3 is 15.1 Å². The molecule has 1 aromatic carbocycles. The van der Waals surface area contributed by atoms with E-state index in [1.54, 1.807) is 11.9 Å². The monoisotopic (exact) mass is 251 g/mol. The van der Waals surface area contributed by atoms with Gasteiger partial charge in [-0.15, -0.1) is 0 Å². The summed E-state index contributed by atoms with van der Waals surface area (Å²) < 4.78 is 0. The van der Waals surface area contributed by atoms with Gasteiger partial charge in [0.05, 0.1) is 0 Å². The third-order valence-corrected chi connectivity index (χ3v) is 3.30. The van der Waals surface area contributed by atoms with E-state index in [0.29, 0.717) is 0 Å². The molecule has 4 nitrogen and oxygen atoms in total. The van der Waals surface area contributed by atoms with Crippen molar-refractivity contribution >= 4 is 5.91 Å². The fourth-order valence-electron chi connectivity index (χ4n) is 1.68. The Morgan fingerprint density at radius 1 is 1.17 bits per heavy atom. The van der Waals surface area contributed by atoms with Crippen LogP contribution >= 0.6 is 0 Å². The second-order valence-corrected chi connectivity index (χ2v) is 5.70. The Balaban J connectivity index is 3.00. The highest BCUT2D eigenvalue weighted by atomic mass is 16.3.